The second-order valence-electron chi connectivity index (χ2n) is 33.2. The number of aromatic nitrogens is 23. The number of nitrogens with zero attached hydrogens (tertiary/aromatic N) is 23. The predicted octanol–water partition coefficient (Wildman–Crippen LogP) is 21.8. The number of fused-ring (bicyclic) bond motifs is 17. The molecule has 10 aromatic carbocycles. The van der Waals surface area contributed by atoms with E-state index >= 15 is 0 Å². The summed E-state index contributed by atoms with van der Waals surface area (Å²) >= 11 is 18.7. The normalized spacial score (nSPS) is 12.0. The van der Waals surface area contributed by atoms with Gasteiger partial charge in [0.05, 0.1) is 137 Å². The summed E-state index contributed by atoms with van der Waals surface area (Å²) in [6.07, 6.45) is 29.7. The van der Waals surface area contributed by atoms with Gasteiger partial charge in [-0.25, -0.2) is 49.8 Å². The van der Waals surface area contributed by atoms with Crippen LogP contribution in [0.2, 0.25) is 15.1 Å². The number of para-hydroxylation sites is 7. The van der Waals surface area contributed by atoms with Crippen molar-refractivity contribution < 1.29 is 0 Å². The predicted molar refractivity (Wildman–Crippen MR) is 529 cm³/mol. The van der Waals surface area contributed by atoms with E-state index in [1.54, 1.807) is 18.3 Å². The maximum Gasteiger partial charge on any atom is 0.115 e. The number of aryl methyl sites for hydroxylation is 18. The highest BCUT2D eigenvalue weighted by molar-refractivity contribution is 6.39. The fourth-order valence-corrected chi connectivity index (χ4v) is 18.1. The molecule has 0 unspecified atom stereocenters. The smallest absolute Gasteiger partial charge is 0.115 e. The third kappa shape index (κ3) is 17.9. The van der Waals surface area contributed by atoms with Gasteiger partial charge in [0.25, 0.3) is 0 Å². The van der Waals surface area contributed by atoms with E-state index in [0.717, 1.165) is 238 Å². The van der Waals surface area contributed by atoms with Crippen molar-refractivity contribution in [3.8, 4) is 11.3 Å². The van der Waals surface area contributed by atoms with E-state index in [1.807, 2.05) is 185 Å². The van der Waals surface area contributed by atoms with Crippen molar-refractivity contribution in [3.05, 3.63) is 358 Å². The summed E-state index contributed by atoms with van der Waals surface area (Å²) in [6.45, 7) is 1.98. The van der Waals surface area contributed by atoms with Crippen molar-refractivity contribution in [1.29, 1.82) is 0 Å². The lowest BCUT2D eigenvalue weighted by molar-refractivity contribution is 0.689. The van der Waals surface area contributed by atoms with Crippen LogP contribution in [0.25, 0.3) is 143 Å². The first-order valence-corrected chi connectivity index (χ1v) is 45.5. The quantitative estimate of drug-likeness (QED) is 0.0871. The Labute approximate surface area is 774 Å². The second-order valence-corrected chi connectivity index (χ2v) is 34.5. The van der Waals surface area contributed by atoms with E-state index in [9.17, 15) is 0 Å². The second kappa shape index (κ2) is 37.7. The van der Waals surface area contributed by atoms with Crippen LogP contribution < -0.4 is 0 Å². The molecule has 0 spiro atoms. The van der Waals surface area contributed by atoms with Crippen molar-refractivity contribution in [2.75, 3.05) is 0 Å². The minimum Gasteiger partial charge on any atom is -0.337 e. The molecule has 132 heavy (non-hydrogen) atoms. The third-order valence-electron chi connectivity index (χ3n) is 24.7. The van der Waals surface area contributed by atoms with Crippen LogP contribution in [0.15, 0.2) is 268 Å². The summed E-state index contributed by atoms with van der Waals surface area (Å²) in [5.41, 5.74) is 29.9. The number of pyridine rings is 3. The van der Waals surface area contributed by atoms with Gasteiger partial charge in [0.15, 0.2) is 0 Å². The van der Waals surface area contributed by atoms with Crippen LogP contribution in [-0.4, -0.2) is 113 Å². The van der Waals surface area contributed by atoms with Gasteiger partial charge in [0.2, 0.25) is 0 Å². The number of hydrogen-bond acceptors (Lipinski definition) is 18. The Morgan fingerprint density at radius 3 is 1.33 bits per heavy atom. The largest absolute Gasteiger partial charge is 0.337 e. The Bertz CT molecular complexity index is 8290. The van der Waals surface area contributed by atoms with E-state index in [4.69, 9.17) is 69.7 Å². The van der Waals surface area contributed by atoms with Crippen molar-refractivity contribution in [3.63, 3.8) is 0 Å². The van der Waals surface area contributed by atoms with E-state index < -0.39 is 0 Å². The first-order valence-electron chi connectivity index (χ1n) is 44.3. The van der Waals surface area contributed by atoms with Crippen molar-refractivity contribution in [1.82, 2.24) is 113 Å². The number of hydrogen-bond donors (Lipinski definition) is 0. The van der Waals surface area contributed by atoms with Gasteiger partial charge < -0.3 is 22.8 Å². The van der Waals surface area contributed by atoms with Crippen molar-refractivity contribution >= 4 is 167 Å². The zero-order valence-corrected chi connectivity index (χ0v) is 76.0. The lowest BCUT2D eigenvalue weighted by Gasteiger charge is -2.15. The molecule has 24 rings (SSSR count). The first-order chi connectivity index (χ1) is 64.6. The fraction of sp³-hybridized carbons (Fsp3) is 0.189. The van der Waals surface area contributed by atoms with Crippen LogP contribution >= 0.6 is 34.8 Å². The topological polar surface area (TPSA) is 257 Å². The molecule has 0 N–H and O–H groups in total. The minimum absolute atomic E-state index is 0.556. The van der Waals surface area contributed by atoms with Crippen LogP contribution in [0.5, 0.6) is 0 Å². The number of halogens is 3. The van der Waals surface area contributed by atoms with Crippen molar-refractivity contribution in [2.24, 2.45) is 35.2 Å². The summed E-state index contributed by atoms with van der Waals surface area (Å²) in [5.74, 6) is 5.24. The highest BCUT2D eigenvalue weighted by Gasteiger charge is 2.21. The third-order valence-corrected chi connectivity index (χ3v) is 25.6. The van der Waals surface area contributed by atoms with Gasteiger partial charge >= 0.3 is 0 Å². The minimum atomic E-state index is 0.556. The average molecular weight is 1790 g/mol. The Morgan fingerprint density at radius 1 is 0.273 bits per heavy atom. The van der Waals surface area contributed by atoms with Crippen LogP contribution in [0.1, 0.15) is 87.3 Å². The van der Waals surface area contributed by atoms with E-state index in [-0.39, 0.29) is 0 Å². The molecule has 13 heterocycles. The SMILES string of the molecule is Cc1ccc(-c2cn(C)c(CCc3cnc4ccccc4n3)n2)cn1.Cn1c(CCc2cnc3c(Cl)ccc(Cl)c3n2)nc2c3ccccc3ccc21.Cn1c(CCc2cnc3cccc(Cl)c3n2)nc2c3cccnc3ccc21.Cn1c(CCc2cnc3ccccc3n2)nc2c3c(ccc21)CCCC3.Cn1c(CCc2cnc3ccccc3n2)nc2c3ncccc3ccc21. The molecule has 0 bridgehead atoms. The molecule has 13 aromatic heterocycles. The Balaban J connectivity index is 0.000000103. The maximum atomic E-state index is 6.27. The van der Waals surface area contributed by atoms with E-state index in [1.165, 1.54) is 58.6 Å². The molecule has 23 nitrogen and oxygen atoms in total. The van der Waals surface area contributed by atoms with Crippen LogP contribution in [0, 0.1) is 6.92 Å². The molecule has 1 aliphatic rings. The summed E-state index contributed by atoms with van der Waals surface area (Å²) in [4.78, 5) is 83.7. The van der Waals surface area contributed by atoms with E-state index in [0.29, 0.717) is 26.1 Å². The number of rotatable bonds is 16. The maximum absolute atomic E-state index is 6.27. The highest BCUT2D eigenvalue weighted by atomic mass is 35.5. The van der Waals surface area contributed by atoms with Gasteiger partial charge in [0, 0.05) is 151 Å². The molecule has 26 heteroatoms. The molecule has 0 fully saturated rings. The molecule has 0 saturated carbocycles. The van der Waals surface area contributed by atoms with Gasteiger partial charge in [-0.15, -0.1) is 0 Å². The molecule has 650 valence electrons. The summed E-state index contributed by atoms with van der Waals surface area (Å²) in [6, 6.07) is 70.7. The van der Waals surface area contributed by atoms with Crippen LogP contribution in [0.3, 0.4) is 0 Å². The molecule has 23 aromatic rings. The van der Waals surface area contributed by atoms with Gasteiger partial charge in [-0.05, 0) is 203 Å². The molecule has 0 aliphatic heterocycles. The lowest BCUT2D eigenvalue weighted by Crippen LogP contribution is -2.03. The lowest BCUT2D eigenvalue weighted by atomic mass is 9.91. The van der Waals surface area contributed by atoms with Gasteiger partial charge in [-0.3, -0.25) is 39.9 Å². The number of imidazole rings is 5. The average Bonchev–Trinajstić information content (AvgIpc) is 1.64. The van der Waals surface area contributed by atoms with Crippen LogP contribution in [0.4, 0.5) is 0 Å². The monoisotopic (exact) mass is 1790 g/mol. The molecule has 0 radical (unpaired) electrons. The molecular weight excluding hydrogens is 1700 g/mol. The molecular formula is C106H90Cl3N23. The highest BCUT2D eigenvalue weighted by Crippen LogP contribution is 2.34. The molecule has 1 aliphatic carbocycles. The van der Waals surface area contributed by atoms with Gasteiger partial charge in [-0.2, -0.15) is 0 Å². The Hall–Kier alpha value is -14.9. The zero-order chi connectivity index (χ0) is 89.9. The fourth-order valence-electron chi connectivity index (χ4n) is 17.5. The van der Waals surface area contributed by atoms with E-state index in [2.05, 4.69) is 185 Å². The van der Waals surface area contributed by atoms with Gasteiger partial charge in [0.1, 0.15) is 51.2 Å². The van der Waals surface area contributed by atoms with Crippen molar-refractivity contribution in [2.45, 2.75) is 96.8 Å². The zero-order valence-electron chi connectivity index (χ0n) is 73.7. The van der Waals surface area contributed by atoms with Crippen LogP contribution in [-0.2, 0) is 112 Å². The molecule has 0 amide bonds. The standard InChI is InChI=1S/C22H16Cl2N4.C22H22N4.C21H16ClN5.C21H17N5.C20H19N5/c1-28-18-10-6-13-4-2-3-5-15(13)20(18)27-19(28)11-7-14-12-25-21-16(23)8-9-17(24)22(21)26-14;1-26-20-12-10-15-6-2-3-7-17(15)22(20)25-21(26)13-11-16-14-23-18-8-4-5-9-19(18)24-16;1-27-18-9-8-16-14(4-3-11-23-16)20(18)26-19(27)10-7-13-12-24-17-6-2-5-15(22)21(17)25-13;1-26-18-10-8-14-5-4-12-22-20(14)21(18)25-19(26)11-9-15-13-23-16-6-2-3-7-17(16)24-15;1-14-7-8-15(11-21-14)19-13-25(2)20(24-19)10-9-16-12-22-17-5-3-4-6-18(17)23-16/h2-6,8-10,12H,7,11H2,1H3;4-5,8-10,12,14H,2-3,6-7,11,13H2,1H3;2-6,8-9,11-12H,7,10H2,1H3;2-8,10,12-13H,9,11H2,1H3;3-8,11-13H,9-10H2,1-2H3. The Kier molecular flexibility index (Phi) is 24.3. The first kappa shape index (κ1) is 85.2. The summed E-state index contributed by atoms with van der Waals surface area (Å²) < 4.78 is 10.8. The molecule has 0 saturated heterocycles. The number of benzene rings is 10. The summed E-state index contributed by atoms with van der Waals surface area (Å²) in [7, 11) is 10.3. The summed E-state index contributed by atoms with van der Waals surface area (Å²) in [5, 5.41) is 6.31. The molecule has 0 atom stereocenters. The van der Waals surface area contributed by atoms with Gasteiger partial charge in [-0.1, -0.05) is 126 Å². The Morgan fingerprint density at radius 2 is 0.720 bits per heavy atom.